The molecule has 2 aromatic rings. The normalized spacial score (nSPS) is 15.6. The van der Waals surface area contributed by atoms with E-state index >= 15 is 0 Å². The minimum absolute atomic E-state index is 0.105. The Morgan fingerprint density at radius 1 is 1.24 bits per heavy atom. The average Bonchev–Trinajstić information content (AvgIpc) is 2.99. The molecule has 1 N–H and O–H groups in total. The molecule has 5 heteroatoms. The lowest BCUT2D eigenvalue weighted by Gasteiger charge is -2.17. The fraction of sp³-hybridized carbons (Fsp3) is 0.625. The molecule has 21 heavy (non-hydrogen) atoms. The summed E-state index contributed by atoms with van der Waals surface area (Å²) in [7, 11) is 0. The van der Waals surface area contributed by atoms with Crippen LogP contribution in [-0.4, -0.2) is 16.0 Å². The first-order chi connectivity index (χ1) is 9.91. The van der Waals surface area contributed by atoms with Crippen molar-refractivity contribution in [3.63, 3.8) is 0 Å². The predicted octanol–water partition coefficient (Wildman–Crippen LogP) is 4.05. The topological polar surface area (TPSA) is 37.8 Å². The van der Waals surface area contributed by atoms with Gasteiger partial charge in [-0.1, -0.05) is 20.8 Å². The Morgan fingerprint density at radius 3 is 2.57 bits per heavy atom. The summed E-state index contributed by atoms with van der Waals surface area (Å²) in [5.41, 5.74) is 2.47. The summed E-state index contributed by atoms with van der Waals surface area (Å²) >= 11 is 3.59. The van der Waals surface area contributed by atoms with Crippen LogP contribution in [0.2, 0.25) is 0 Å². The average molecular weight is 322 g/mol. The van der Waals surface area contributed by atoms with Crippen LogP contribution in [0.25, 0.3) is 0 Å². The van der Waals surface area contributed by atoms with Crippen LogP contribution in [-0.2, 0) is 18.4 Å². The Balaban J connectivity index is 1.80. The first-order valence-electron chi connectivity index (χ1n) is 7.55. The minimum Gasteiger partial charge on any atom is -0.309 e. The molecule has 0 amide bonds. The van der Waals surface area contributed by atoms with E-state index in [1.54, 1.807) is 11.3 Å². The summed E-state index contributed by atoms with van der Waals surface area (Å²) in [4.78, 5) is 10.9. The van der Waals surface area contributed by atoms with Crippen LogP contribution in [0.1, 0.15) is 59.9 Å². The SMILES string of the molecule is Cc1csc(Cc2nc(C(C)(C)C)c(CNC3CC3)s2)n1. The molecule has 0 aromatic carbocycles. The number of thiazole rings is 2. The Kier molecular flexibility index (Phi) is 4.17. The van der Waals surface area contributed by atoms with Crippen LogP contribution in [0.4, 0.5) is 0 Å². The van der Waals surface area contributed by atoms with Crippen LogP contribution >= 0.6 is 22.7 Å². The molecule has 2 aromatic heterocycles. The van der Waals surface area contributed by atoms with Gasteiger partial charge in [0.2, 0.25) is 0 Å². The molecule has 0 aliphatic heterocycles. The second-order valence-electron chi connectivity index (χ2n) is 6.84. The monoisotopic (exact) mass is 321 g/mol. The molecule has 1 aliphatic rings. The molecule has 1 aliphatic carbocycles. The van der Waals surface area contributed by atoms with Gasteiger partial charge >= 0.3 is 0 Å². The fourth-order valence-electron chi connectivity index (χ4n) is 2.32. The molecular formula is C16H23N3S2. The molecule has 114 valence electrons. The zero-order valence-corrected chi connectivity index (χ0v) is 14.8. The fourth-order valence-corrected chi connectivity index (χ4v) is 4.42. The van der Waals surface area contributed by atoms with Gasteiger partial charge in [0.25, 0.3) is 0 Å². The molecule has 3 rings (SSSR count). The third kappa shape index (κ3) is 3.90. The molecule has 1 fully saturated rings. The van der Waals surface area contributed by atoms with Crippen LogP contribution in [0, 0.1) is 6.92 Å². The van der Waals surface area contributed by atoms with Crippen molar-refractivity contribution >= 4 is 22.7 Å². The summed E-state index contributed by atoms with van der Waals surface area (Å²) < 4.78 is 0. The van der Waals surface area contributed by atoms with Gasteiger partial charge in [0.1, 0.15) is 0 Å². The van der Waals surface area contributed by atoms with Crippen molar-refractivity contribution in [1.82, 2.24) is 15.3 Å². The molecule has 2 heterocycles. The third-order valence-corrected chi connectivity index (χ3v) is 5.57. The maximum absolute atomic E-state index is 4.93. The zero-order valence-electron chi connectivity index (χ0n) is 13.2. The van der Waals surface area contributed by atoms with Gasteiger partial charge in [-0.3, -0.25) is 0 Å². The molecule has 1 saturated carbocycles. The van der Waals surface area contributed by atoms with E-state index in [1.165, 1.54) is 33.4 Å². The van der Waals surface area contributed by atoms with Gasteiger partial charge in [0, 0.05) is 34.0 Å². The Bertz CT molecular complexity index is 618. The highest BCUT2D eigenvalue weighted by atomic mass is 32.1. The van der Waals surface area contributed by atoms with Gasteiger partial charge in [-0.25, -0.2) is 9.97 Å². The summed E-state index contributed by atoms with van der Waals surface area (Å²) in [5, 5.41) is 8.10. The largest absolute Gasteiger partial charge is 0.309 e. The van der Waals surface area contributed by atoms with E-state index in [4.69, 9.17) is 4.98 Å². The van der Waals surface area contributed by atoms with E-state index in [0.29, 0.717) is 0 Å². The van der Waals surface area contributed by atoms with E-state index in [9.17, 15) is 0 Å². The van der Waals surface area contributed by atoms with Crippen LogP contribution in [0.3, 0.4) is 0 Å². The van der Waals surface area contributed by atoms with Crippen LogP contribution in [0.5, 0.6) is 0 Å². The minimum atomic E-state index is 0.105. The summed E-state index contributed by atoms with van der Waals surface area (Å²) in [6, 6.07) is 0.741. The first-order valence-corrected chi connectivity index (χ1v) is 9.25. The van der Waals surface area contributed by atoms with E-state index in [-0.39, 0.29) is 5.41 Å². The lowest BCUT2D eigenvalue weighted by atomic mass is 9.91. The van der Waals surface area contributed by atoms with E-state index in [0.717, 1.165) is 24.7 Å². The molecule has 0 radical (unpaired) electrons. The van der Waals surface area contributed by atoms with Crippen molar-refractivity contribution in [2.75, 3.05) is 0 Å². The number of rotatable bonds is 5. The van der Waals surface area contributed by atoms with Gasteiger partial charge in [0.05, 0.1) is 22.1 Å². The van der Waals surface area contributed by atoms with E-state index in [2.05, 4.69) is 36.5 Å². The van der Waals surface area contributed by atoms with Crippen LogP contribution < -0.4 is 5.32 Å². The number of nitrogens with one attached hydrogen (secondary N) is 1. The smallest absolute Gasteiger partial charge is 0.1000 e. The Labute approximate surface area is 134 Å². The van der Waals surface area contributed by atoms with Crippen molar-refractivity contribution < 1.29 is 0 Å². The second-order valence-corrected chi connectivity index (χ2v) is 8.95. The van der Waals surface area contributed by atoms with Crippen molar-refractivity contribution in [3.05, 3.63) is 31.7 Å². The molecule has 3 nitrogen and oxygen atoms in total. The molecule has 0 bridgehead atoms. The quantitative estimate of drug-likeness (QED) is 0.903. The molecule has 0 unspecified atom stereocenters. The number of hydrogen-bond acceptors (Lipinski definition) is 5. The van der Waals surface area contributed by atoms with E-state index < -0.39 is 0 Å². The van der Waals surface area contributed by atoms with Crippen molar-refractivity contribution in [3.8, 4) is 0 Å². The highest BCUT2D eigenvalue weighted by Gasteiger charge is 2.26. The standard InChI is InChI=1S/C16H23N3S2/c1-10-9-20-13(18-10)7-14-19-15(16(2,3)4)12(21-14)8-17-11-5-6-11/h9,11,17H,5-8H2,1-4H3. The van der Waals surface area contributed by atoms with Gasteiger partial charge in [0.15, 0.2) is 0 Å². The predicted molar refractivity (Wildman–Crippen MR) is 90.3 cm³/mol. The zero-order chi connectivity index (χ0) is 15.0. The van der Waals surface area contributed by atoms with Crippen molar-refractivity contribution in [2.24, 2.45) is 0 Å². The molecule has 0 spiro atoms. The molecule has 0 saturated heterocycles. The summed E-state index contributed by atoms with van der Waals surface area (Å²) in [6.45, 7) is 9.76. The second kappa shape index (κ2) is 5.78. The van der Waals surface area contributed by atoms with Gasteiger partial charge in [-0.2, -0.15) is 0 Å². The van der Waals surface area contributed by atoms with Crippen molar-refractivity contribution in [2.45, 2.75) is 65.0 Å². The maximum atomic E-state index is 4.93. The lowest BCUT2D eigenvalue weighted by molar-refractivity contribution is 0.557. The molecular weight excluding hydrogens is 298 g/mol. The van der Waals surface area contributed by atoms with Crippen molar-refractivity contribution in [1.29, 1.82) is 0 Å². The third-order valence-electron chi connectivity index (χ3n) is 3.55. The summed E-state index contributed by atoms with van der Waals surface area (Å²) in [6.07, 6.45) is 3.53. The molecule has 0 atom stereocenters. The van der Waals surface area contributed by atoms with Gasteiger partial charge in [-0.05, 0) is 19.8 Å². The first kappa shape index (κ1) is 15.1. The number of nitrogens with zero attached hydrogens (tertiary/aromatic N) is 2. The lowest BCUT2D eigenvalue weighted by Crippen LogP contribution is -2.20. The Morgan fingerprint density at radius 2 is 2.00 bits per heavy atom. The Hall–Kier alpha value is -0.780. The van der Waals surface area contributed by atoms with E-state index in [1.807, 2.05) is 18.3 Å². The highest BCUT2D eigenvalue weighted by molar-refractivity contribution is 7.12. The number of aromatic nitrogens is 2. The van der Waals surface area contributed by atoms with Crippen LogP contribution in [0.15, 0.2) is 5.38 Å². The van der Waals surface area contributed by atoms with Gasteiger partial charge in [-0.15, -0.1) is 22.7 Å². The number of hydrogen-bond donors (Lipinski definition) is 1. The van der Waals surface area contributed by atoms with Gasteiger partial charge < -0.3 is 5.32 Å². The maximum Gasteiger partial charge on any atom is 0.1000 e. The summed E-state index contributed by atoms with van der Waals surface area (Å²) in [5.74, 6) is 0. The highest BCUT2D eigenvalue weighted by Crippen LogP contribution is 2.32. The number of aryl methyl sites for hydroxylation is 1.